The summed E-state index contributed by atoms with van der Waals surface area (Å²) >= 11 is 0. The van der Waals surface area contributed by atoms with Gasteiger partial charge in [0.2, 0.25) is 0 Å². The summed E-state index contributed by atoms with van der Waals surface area (Å²) in [5.74, 6) is -0.369. The summed E-state index contributed by atoms with van der Waals surface area (Å²) in [6, 6.07) is 18.3. The van der Waals surface area contributed by atoms with Gasteiger partial charge in [0.1, 0.15) is 11.6 Å². The largest absolute Gasteiger partial charge is 0.383 e. The zero-order valence-electron chi connectivity index (χ0n) is 15.7. The quantitative estimate of drug-likeness (QED) is 0.606. The summed E-state index contributed by atoms with van der Waals surface area (Å²) in [5.41, 5.74) is 5.13. The summed E-state index contributed by atoms with van der Waals surface area (Å²) < 4.78 is 0. The van der Waals surface area contributed by atoms with E-state index in [2.05, 4.69) is 28.8 Å². The lowest BCUT2D eigenvalue weighted by molar-refractivity contribution is -0.117. The fourth-order valence-electron chi connectivity index (χ4n) is 3.35. The molecular weight excluding hydrogens is 334 g/mol. The molecule has 2 aromatic carbocycles. The van der Waals surface area contributed by atoms with E-state index in [1.54, 1.807) is 0 Å². The van der Waals surface area contributed by atoms with Crippen LogP contribution < -0.4 is 10.6 Å². The Morgan fingerprint density at radius 1 is 1.15 bits per heavy atom. The summed E-state index contributed by atoms with van der Waals surface area (Å²) in [6.07, 6.45) is 6.34. The summed E-state index contributed by atoms with van der Waals surface area (Å²) in [4.78, 5) is 12.2. The van der Waals surface area contributed by atoms with Crippen LogP contribution in [0.3, 0.4) is 0 Å². The molecule has 27 heavy (non-hydrogen) atoms. The van der Waals surface area contributed by atoms with Crippen molar-refractivity contribution in [1.82, 2.24) is 10.6 Å². The van der Waals surface area contributed by atoms with Gasteiger partial charge in [0, 0.05) is 18.8 Å². The maximum atomic E-state index is 12.2. The van der Waals surface area contributed by atoms with Gasteiger partial charge in [0.15, 0.2) is 0 Å². The molecule has 1 unspecified atom stereocenters. The molecule has 0 aliphatic heterocycles. The van der Waals surface area contributed by atoms with Gasteiger partial charge in [-0.25, -0.2) is 0 Å². The van der Waals surface area contributed by atoms with Crippen molar-refractivity contribution in [3.05, 3.63) is 82.6 Å². The van der Waals surface area contributed by atoms with Crippen molar-refractivity contribution in [3.8, 4) is 6.07 Å². The van der Waals surface area contributed by atoms with Gasteiger partial charge in [-0.1, -0.05) is 48.5 Å². The number of carbonyl (C=O) groups is 1. The predicted molar refractivity (Wildman–Crippen MR) is 107 cm³/mol. The Hall–Kier alpha value is -3.06. The highest BCUT2D eigenvalue weighted by molar-refractivity contribution is 5.97. The van der Waals surface area contributed by atoms with Crippen molar-refractivity contribution in [3.63, 3.8) is 0 Å². The average molecular weight is 359 g/mol. The Kier molecular flexibility index (Phi) is 6.27. The normalized spacial score (nSPS) is 14.6. The molecule has 4 heteroatoms. The van der Waals surface area contributed by atoms with Crippen molar-refractivity contribution in [1.29, 1.82) is 5.26 Å². The van der Waals surface area contributed by atoms with Crippen molar-refractivity contribution in [2.45, 2.75) is 45.2 Å². The lowest BCUT2D eigenvalue weighted by atomic mass is 9.89. The monoisotopic (exact) mass is 359 g/mol. The number of nitriles is 1. The van der Waals surface area contributed by atoms with Crippen LogP contribution in [0.25, 0.3) is 0 Å². The zero-order valence-corrected chi connectivity index (χ0v) is 15.7. The summed E-state index contributed by atoms with van der Waals surface area (Å²) in [7, 11) is 0. The fourth-order valence-corrected chi connectivity index (χ4v) is 3.35. The number of fused-ring (bicyclic) bond motifs is 1. The van der Waals surface area contributed by atoms with Crippen LogP contribution in [0.1, 0.15) is 48.1 Å². The SMILES string of the molecule is CC(N/C=C(/C#N)C(=O)NCc1ccccc1)c1ccc2c(c1)CCCC2. The first-order valence-corrected chi connectivity index (χ1v) is 9.47. The second kappa shape index (κ2) is 9.05. The van der Waals surface area contributed by atoms with Crippen LogP contribution in [-0.4, -0.2) is 5.91 Å². The van der Waals surface area contributed by atoms with Gasteiger partial charge < -0.3 is 10.6 Å². The van der Waals surface area contributed by atoms with Crippen LogP contribution in [0.5, 0.6) is 0 Å². The van der Waals surface area contributed by atoms with Crippen LogP contribution in [0, 0.1) is 11.3 Å². The zero-order chi connectivity index (χ0) is 19.1. The van der Waals surface area contributed by atoms with E-state index in [1.165, 1.54) is 35.7 Å². The van der Waals surface area contributed by atoms with E-state index in [0.717, 1.165) is 18.4 Å². The number of hydrogen-bond donors (Lipinski definition) is 2. The predicted octanol–water partition coefficient (Wildman–Crippen LogP) is 3.94. The smallest absolute Gasteiger partial charge is 0.263 e. The van der Waals surface area contributed by atoms with Gasteiger partial charge >= 0.3 is 0 Å². The highest BCUT2D eigenvalue weighted by Crippen LogP contribution is 2.24. The van der Waals surface area contributed by atoms with Crippen LogP contribution >= 0.6 is 0 Å². The average Bonchev–Trinajstić information content (AvgIpc) is 2.73. The van der Waals surface area contributed by atoms with Gasteiger partial charge in [0.05, 0.1) is 0 Å². The Balaban J connectivity index is 1.60. The van der Waals surface area contributed by atoms with E-state index in [9.17, 15) is 10.1 Å². The minimum absolute atomic E-state index is 0.0301. The summed E-state index contributed by atoms with van der Waals surface area (Å²) in [6.45, 7) is 2.44. The molecule has 2 N–H and O–H groups in total. The molecule has 0 saturated carbocycles. The van der Waals surface area contributed by atoms with Crippen molar-refractivity contribution in [2.75, 3.05) is 0 Å². The molecule has 0 saturated heterocycles. The number of aryl methyl sites for hydroxylation is 2. The lowest BCUT2D eigenvalue weighted by Crippen LogP contribution is -2.25. The number of carbonyl (C=O) groups excluding carboxylic acids is 1. The minimum atomic E-state index is -0.369. The second-order valence-corrected chi connectivity index (χ2v) is 6.96. The lowest BCUT2D eigenvalue weighted by Gasteiger charge is -2.19. The van der Waals surface area contributed by atoms with Crippen LogP contribution in [-0.2, 0) is 24.2 Å². The van der Waals surface area contributed by atoms with Crippen molar-refractivity contribution >= 4 is 5.91 Å². The molecule has 0 bridgehead atoms. The molecular formula is C23H25N3O. The first-order valence-electron chi connectivity index (χ1n) is 9.47. The second-order valence-electron chi connectivity index (χ2n) is 6.96. The first kappa shape index (κ1) is 18.7. The van der Waals surface area contributed by atoms with E-state index in [1.807, 2.05) is 43.3 Å². The topological polar surface area (TPSA) is 64.9 Å². The van der Waals surface area contributed by atoms with Gasteiger partial charge in [0.25, 0.3) is 5.91 Å². The number of nitrogens with one attached hydrogen (secondary N) is 2. The first-order chi connectivity index (χ1) is 13.2. The van der Waals surface area contributed by atoms with Gasteiger partial charge in [-0.2, -0.15) is 5.26 Å². The Morgan fingerprint density at radius 3 is 2.63 bits per heavy atom. The molecule has 0 radical (unpaired) electrons. The van der Waals surface area contributed by atoms with Crippen LogP contribution in [0.15, 0.2) is 60.3 Å². The molecule has 1 amide bonds. The van der Waals surface area contributed by atoms with Crippen molar-refractivity contribution in [2.24, 2.45) is 0 Å². The van der Waals surface area contributed by atoms with E-state index in [0.29, 0.717) is 6.54 Å². The maximum Gasteiger partial charge on any atom is 0.263 e. The standard InChI is InChI=1S/C23H25N3O/c1-17(20-12-11-19-9-5-6-10-21(19)13-20)25-16-22(14-24)23(27)26-15-18-7-3-2-4-8-18/h2-4,7-8,11-13,16-17,25H,5-6,9-10,15H2,1H3,(H,26,27)/b22-16-. The number of nitrogens with zero attached hydrogens (tertiary/aromatic N) is 1. The highest BCUT2D eigenvalue weighted by atomic mass is 16.1. The number of benzene rings is 2. The van der Waals surface area contributed by atoms with Crippen LogP contribution in [0.4, 0.5) is 0 Å². The van der Waals surface area contributed by atoms with Gasteiger partial charge in [-0.05, 0) is 54.9 Å². The molecule has 1 aliphatic carbocycles. The molecule has 3 rings (SSSR count). The van der Waals surface area contributed by atoms with Crippen molar-refractivity contribution < 1.29 is 4.79 Å². The third-order valence-corrected chi connectivity index (χ3v) is 5.01. The van der Waals surface area contributed by atoms with E-state index in [4.69, 9.17) is 0 Å². The Morgan fingerprint density at radius 2 is 1.89 bits per heavy atom. The maximum absolute atomic E-state index is 12.2. The number of hydrogen-bond acceptors (Lipinski definition) is 3. The third-order valence-electron chi connectivity index (χ3n) is 5.01. The summed E-state index contributed by atoms with van der Waals surface area (Å²) in [5, 5.41) is 15.3. The van der Waals surface area contributed by atoms with Gasteiger partial charge in [-0.15, -0.1) is 0 Å². The van der Waals surface area contributed by atoms with Crippen LogP contribution in [0.2, 0.25) is 0 Å². The molecule has 1 atom stereocenters. The third kappa shape index (κ3) is 4.98. The highest BCUT2D eigenvalue weighted by Gasteiger charge is 2.13. The molecule has 2 aromatic rings. The van der Waals surface area contributed by atoms with E-state index in [-0.39, 0.29) is 17.5 Å². The van der Waals surface area contributed by atoms with Gasteiger partial charge in [-0.3, -0.25) is 4.79 Å². The molecule has 4 nitrogen and oxygen atoms in total. The molecule has 0 aromatic heterocycles. The Bertz CT molecular complexity index is 865. The molecule has 0 fully saturated rings. The molecule has 0 spiro atoms. The number of rotatable bonds is 6. The fraction of sp³-hybridized carbons (Fsp3) is 0.304. The molecule has 138 valence electrons. The number of amides is 1. The minimum Gasteiger partial charge on any atom is -0.383 e. The van der Waals surface area contributed by atoms with E-state index < -0.39 is 0 Å². The molecule has 1 aliphatic rings. The molecule has 0 heterocycles. The Labute approximate surface area is 160 Å². The van der Waals surface area contributed by atoms with E-state index >= 15 is 0 Å².